The first kappa shape index (κ1) is 17.6. The van der Waals surface area contributed by atoms with Crippen LogP contribution in [0.1, 0.15) is 17.5 Å². The van der Waals surface area contributed by atoms with E-state index in [1.165, 1.54) is 11.1 Å². The van der Waals surface area contributed by atoms with Crippen LogP contribution in [0, 0.1) is 0 Å². The first-order valence-electron chi connectivity index (χ1n) is 8.63. The molecule has 0 heterocycles. The fourth-order valence-electron chi connectivity index (χ4n) is 3.20. The largest absolute Gasteiger partial charge is 0.508 e. The molecule has 1 aliphatic rings. The van der Waals surface area contributed by atoms with Gasteiger partial charge in [-0.3, -0.25) is 0 Å². The highest BCUT2D eigenvalue weighted by molar-refractivity contribution is 5.39. The molecule has 3 N–H and O–H groups in total. The van der Waals surface area contributed by atoms with Crippen LogP contribution in [-0.4, -0.2) is 42.6 Å². The first-order chi connectivity index (χ1) is 12.2. The van der Waals surface area contributed by atoms with E-state index in [2.05, 4.69) is 5.32 Å². The van der Waals surface area contributed by atoms with E-state index in [4.69, 9.17) is 9.47 Å². The van der Waals surface area contributed by atoms with Crippen molar-refractivity contribution >= 4 is 0 Å². The molecule has 2 unspecified atom stereocenters. The fraction of sp³-hybridized carbons (Fsp3) is 0.400. The van der Waals surface area contributed by atoms with Crippen LogP contribution in [0.2, 0.25) is 0 Å². The zero-order valence-corrected chi connectivity index (χ0v) is 14.4. The third-order valence-corrected chi connectivity index (χ3v) is 4.56. The van der Waals surface area contributed by atoms with Crippen LogP contribution in [-0.2, 0) is 12.8 Å². The Morgan fingerprint density at radius 2 is 1.96 bits per heavy atom. The molecule has 0 amide bonds. The highest BCUT2D eigenvalue weighted by Crippen LogP contribution is 2.26. The Kier molecular flexibility index (Phi) is 5.79. The van der Waals surface area contributed by atoms with Crippen LogP contribution in [0.25, 0.3) is 0 Å². The van der Waals surface area contributed by atoms with E-state index in [1.54, 1.807) is 13.2 Å². The number of aromatic hydroxyl groups is 1. The topological polar surface area (TPSA) is 71.0 Å². The molecule has 0 spiro atoms. The predicted octanol–water partition coefficient (Wildman–Crippen LogP) is 2.29. The number of nitrogens with one attached hydrogen (secondary N) is 1. The second-order valence-electron chi connectivity index (χ2n) is 6.42. The van der Waals surface area contributed by atoms with Crippen molar-refractivity contribution in [2.75, 3.05) is 20.3 Å². The molecule has 2 atom stereocenters. The van der Waals surface area contributed by atoms with Crippen molar-refractivity contribution < 1.29 is 19.7 Å². The summed E-state index contributed by atoms with van der Waals surface area (Å²) in [6, 6.07) is 13.3. The van der Waals surface area contributed by atoms with Crippen molar-refractivity contribution in [2.45, 2.75) is 31.4 Å². The van der Waals surface area contributed by atoms with Crippen LogP contribution in [0.15, 0.2) is 42.5 Å². The van der Waals surface area contributed by atoms with Gasteiger partial charge in [0.2, 0.25) is 0 Å². The third-order valence-electron chi connectivity index (χ3n) is 4.56. The summed E-state index contributed by atoms with van der Waals surface area (Å²) in [5.74, 6) is 1.60. The molecule has 3 rings (SSSR count). The maximum atomic E-state index is 10.2. The number of para-hydroxylation sites is 2. The number of methoxy groups -OCH3 is 1. The van der Waals surface area contributed by atoms with Gasteiger partial charge in [-0.25, -0.2) is 0 Å². The fourth-order valence-corrected chi connectivity index (χ4v) is 3.20. The quantitative estimate of drug-likeness (QED) is 0.719. The number of rotatable bonds is 7. The number of phenolic OH excluding ortho intramolecular Hbond substituents is 1. The number of aryl methyl sites for hydroxylation is 1. The van der Waals surface area contributed by atoms with Crippen LogP contribution in [0.5, 0.6) is 17.2 Å². The summed E-state index contributed by atoms with van der Waals surface area (Å²) < 4.78 is 10.9. The lowest BCUT2D eigenvalue weighted by molar-refractivity contribution is 0.101. The average Bonchev–Trinajstić information content (AvgIpc) is 2.64. The number of hydrogen-bond donors (Lipinski definition) is 3. The molecule has 2 aromatic rings. The van der Waals surface area contributed by atoms with E-state index in [1.807, 2.05) is 36.4 Å². The lowest BCUT2D eigenvalue weighted by Crippen LogP contribution is -2.40. The molecule has 1 aliphatic carbocycles. The van der Waals surface area contributed by atoms with Gasteiger partial charge in [0, 0.05) is 12.6 Å². The van der Waals surface area contributed by atoms with Gasteiger partial charge in [-0.05, 0) is 54.7 Å². The summed E-state index contributed by atoms with van der Waals surface area (Å²) in [6.45, 7) is 0.672. The molecular weight excluding hydrogens is 318 g/mol. The SMILES string of the molecule is COc1ccccc1OCC(O)CNC1CCc2ccc(O)cc2C1. The normalized spacial score (nSPS) is 17.6. The van der Waals surface area contributed by atoms with Gasteiger partial charge in [0.1, 0.15) is 18.5 Å². The summed E-state index contributed by atoms with van der Waals surface area (Å²) in [4.78, 5) is 0. The Balaban J connectivity index is 1.46. The Labute approximate surface area is 148 Å². The number of aliphatic hydroxyl groups excluding tert-OH is 1. The summed E-state index contributed by atoms with van der Waals surface area (Å²) in [6.07, 6.45) is 2.28. The molecule has 0 saturated heterocycles. The Morgan fingerprint density at radius 1 is 1.16 bits per heavy atom. The van der Waals surface area contributed by atoms with Gasteiger partial charge >= 0.3 is 0 Å². The molecule has 134 valence electrons. The second kappa shape index (κ2) is 8.23. The van der Waals surface area contributed by atoms with Crippen molar-refractivity contribution in [1.82, 2.24) is 5.32 Å². The van der Waals surface area contributed by atoms with Gasteiger partial charge < -0.3 is 25.0 Å². The molecule has 0 aromatic heterocycles. The van der Waals surface area contributed by atoms with Crippen molar-refractivity contribution in [3.63, 3.8) is 0 Å². The molecular formula is C20H25NO4. The van der Waals surface area contributed by atoms with Crippen molar-refractivity contribution in [3.05, 3.63) is 53.6 Å². The number of ether oxygens (including phenoxy) is 2. The van der Waals surface area contributed by atoms with Gasteiger partial charge in [-0.1, -0.05) is 18.2 Å². The summed E-state index contributed by atoms with van der Waals surface area (Å²) in [5, 5.41) is 23.2. The third kappa shape index (κ3) is 4.65. The molecule has 5 heteroatoms. The number of benzene rings is 2. The molecule has 2 aromatic carbocycles. The maximum Gasteiger partial charge on any atom is 0.161 e. The first-order valence-corrected chi connectivity index (χ1v) is 8.63. The van der Waals surface area contributed by atoms with E-state index >= 15 is 0 Å². The number of aliphatic hydroxyl groups is 1. The lowest BCUT2D eigenvalue weighted by Gasteiger charge is -2.26. The van der Waals surface area contributed by atoms with Gasteiger partial charge in [0.05, 0.1) is 7.11 Å². The average molecular weight is 343 g/mol. The van der Waals surface area contributed by atoms with Gasteiger partial charge in [0.25, 0.3) is 0 Å². The van der Waals surface area contributed by atoms with E-state index in [0.717, 1.165) is 19.3 Å². The van der Waals surface area contributed by atoms with E-state index in [-0.39, 0.29) is 6.61 Å². The summed E-state index contributed by atoms with van der Waals surface area (Å²) in [5.41, 5.74) is 2.49. The van der Waals surface area contributed by atoms with Gasteiger partial charge in [-0.15, -0.1) is 0 Å². The molecule has 0 radical (unpaired) electrons. The van der Waals surface area contributed by atoms with Crippen LogP contribution >= 0.6 is 0 Å². The zero-order chi connectivity index (χ0) is 17.6. The molecule has 0 fully saturated rings. The highest BCUT2D eigenvalue weighted by atomic mass is 16.5. The minimum absolute atomic E-state index is 0.206. The molecule has 0 bridgehead atoms. The predicted molar refractivity (Wildman–Crippen MR) is 96.4 cm³/mol. The number of fused-ring (bicyclic) bond motifs is 1. The molecule has 0 aliphatic heterocycles. The lowest BCUT2D eigenvalue weighted by atomic mass is 9.88. The standard InChI is InChI=1S/C20H25NO4/c1-24-19-4-2-3-5-20(19)25-13-18(23)12-21-16-8-6-14-7-9-17(22)11-15(14)10-16/h2-5,7,9,11,16,18,21-23H,6,8,10,12-13H2,1H3. The smallest absolute Gasteiger partial charge is 0.161 e. The second-order valence-corrected chi connectivity index (χ2v) is 6.42. The highest BCUT2D eigenvalue weighted by Gasteiger charge is 2.19. The van der Waals surface area contributed by atoms with E-state index < -0.39 is 6.10 Å². The Hall–Kier alpha value is -2.24. The van der Waals surface area contributed by atoms with E-state index in [0.29, 0.717) is 29.8 Å². The van der Waals surface area contributed by atoms with Gasteiger partial charge in [-0.2, -0.15) is 0 Å². The molecule has 5 nitrogen and oxygen atoms in total. The molecule has 25 heavy (non-hydrogen) atoms. The van der Waals surface area contributed by atoms with Crippen molar-refractivity contribution in [3.8, 4) is 17.2 Å². The monoisotopic (exact) mass is 343 g/mol. The minimum Gasteiger partial charge on any atom is -0.508 e. The molecule has 0 saturated carbocycles. The Bertz CT molecular complexity index is 704. The number of hydrogen-bond acceptors (Lipinski definition) is 5. The van der Waals surface area contributed by atoms with E-state index in [9.17, 15) is 10.2 Å². The van der Waals surface area contributed by atoms with Crippen LogP contribution in [0.3, 0.4) is 0 Å². The van der Waals surface area contributed by atoms with Crippen molar-refractivity contribution in [2.24, 2.45) is 0 Å². The van der Waals surface area contributed by atoms with Crippen molar-refractivity contribution in [1.29, 1.82) is 0 Å². The van der Waals surface area contributed by atoms with Gasteiger partial charge in [0.15, 0.2) is 11.5 Å². The number of phenols is 1. The summed E-state index contributed by atoms with van der Waals surface area (Å²) in [7, 11) is 1.60. The maximum absolute atomic E-state index is 10.2. The summed E-state index contributed by atoms with van der Waals surface area (Å²) >= 11 is 0. The van der Waals surface area contributed by atoms with Crippen LogP contribution < -0.4 is 14.8 Å². The Morgan fingerprint density at radius 3 is 2.76 bits per heavy atom. The zero-order valence-electron chi connectivity index (χ0n) is 14.4. The minimum atomic E-state index is -0.601. The van der Waals surface area contributed by atoms with Crippen LogP contribution in [0.4, 0.5) is 0 Å².